The second-order valence-electron chi connectivity index (χ2n) is 21.1. The molecule has 1 aliphatic heterocycles. The van der Waals surface area contributed by atoms with Crippen LogP contribution in [0.4, 0.5) is 22.7 Å². The predicted octanol–water partition coefficient (Wildman–Crippen LogP) is 17.2. The van der Waals surface area contributed by atoms with Crippen LogP contribution in [0.25, 0.3) is 49.9 Å². The smallest absolute Gasteiger partial charge is 0.135 e. The Morgan fingerprint density at radius 1 is 0.493 bits per heavy atom. The fraction of sp³-hybridized carbons (Fsp3) is 0.169. The molecule has 0 bridgehead atoms. The monoisotopic (exact) mass is 1100 g/mol. The van der Waals surface area contributed by atoms with Crippen molar-refractivity contribution in [1.29, 1.82) is 0 Å². The summed E-state index contributed by atoms with van der Waals surface area (Å²) in [5, 5.41) is 2.21. The summed E-state index contributed by atoms with van der Waals surface area (Å²) < 4.78 is 8.94. The van der Waals surface area contributed by atoms with Gasteiger partial charge in [0.05, 0.1) is 0 Å². The van der Waals surface area contributed by atoms with E-state index >= 15 is 0 Å². The van der Waals surface area contributed by atoms with Crippen molar-refractivity contribution in [1.82, 2.24) is 9.55 Å². The summed E-state index contributed by atoms with van der Waals surface area (Å²) in [5.41, 5.74) is 15.5. The molecule has 0 fully saturated rings. The molecule has 1 aliphatic rings. The summed E-state index contributed by atoms with van der Waals surface area (Å²) in [4.78, 5) is 9.71. The van der Waals surface area contributed by atoms with E-state index in [-0.39, 0.29) is 37.3 Å². The molecule has 0 saturated heterocycles. The number of ether oxygens (including phenoxy) is 1. The number of benzene rings is 8. The molecule has 0 amide bonds. The van der Waals surface area contributed by atoms with Gasteiger partial charge in [-0.2, -0.15) is 12.1 Å². The minimum atomic E-state index is -0.168. The Kier molecular flexibility index (Phi) is 12.4. The largest absolute Gasteiger partial charge is 0.509 e. The summed E-state index contributed by atoms with van der Waals surface area (Å²) in [5.74, 6) is 2.02. The summed E-state index contributed by atoms with van der Waals surface area (Å²) in [7, 11) is 0. The molecule has 0 aliphatic carbocycles. The molecule has 10 aromatic rings. The van der Waals surface area contributed by atoms with Gasteiger partial charge in [-0.05, 0) is 91.6 Å². The van der Waals surface area contributed by atoms with Gasteiger partial charge in [0, 0.05) is 72.3 Å². The van der Waals surface area contributed by atoms with E-state index < -0.39 is 0 Å². The zero-order valence-corrected chi connectivity index (χ0v) is 43.8. The molecule has 11 rings (SSSR count). The topological polar surface area (TPSA) is 33.5 Å². The van der Waals surface area contributed by atoms with Gasteiger partial charge < -0.3 is 19.1 Å². The van der Waals surface area contributed by atoms with Crippen LogP contribution in [0.2, 0.25) is 0 Å². The van der Waals surface area contributed by atoms with E-state index in [1.54, 1.807) is 0 Å². The van der Waals surface area contributed by atoms with Gasteiger partial charge in [0.2, 0.25) is 0 Å². The SMILES string of the molecule is CC(C)(C)c1cc(-c2ccccc2)cc(N2[CH-]N(c3[c-]c(Oc4[c-]c5c(cc4)c4ccccc4n5-c4cc(C(C)(C)C)c(-c5ccc(C(C)(C)c6ccccc6)cc5)cn4)ccc3)c3ccccc32)c1.[Pt]. The van der Waals surface area contributed by atoms with Crippen molar-refractivity contribution in [2.45, 2.75) is 71.6 Å². The molecule has 0 spiro atoms. The van der Waals surface area contributed by atoms with E-state index in [9.17, 15) is 0 Å². The first-order valence-corrected chi connectivity index (χ1v) is 24.3. The van der Waals surface area contributed by atoms with Gasteiger partial charge in [0.25, 0.3) is 0 Å². The molecule has 356 valence electrons. The molecule has 0 N–H and O–H groups in total. The van der Waals surface area contributed by atoms with Crippen LogP contribution >= 0.6 is 0 Å². The van der Waals surface area contributed by atoms with Gasteiger partial charge in [-0.3, -0.25) is 0 Å². The van der Waals surface area contributed by atoms with Gasteiger partial charge in [-0.15, -0.1) is 48.1 Å². The van der Waals surface area contributed by atoms with E-state index in [2.05, 4.69) is 258 Å². The van der Waals surface area contributed by atoms with Gasteiger partial charge in [-0.1, -0.05) is 182 Å². The second-order valence-corrected chi connectivity index (χ2v) is 21.1. The van der Waals surface area contributed by atoms with Crippen LogP contribution in [0.1, 0.15) is 77.6 Å². The quantitative estimate of drug-likeness (QED) is 0.135. The van der Waals surface area contributed by atoms with Crippen molar-refractivity contribution in [3.63, 3.8) is 0 Å². The molecule has 5 nitrogen and oxygen atoms in total. The number of fused-ring (bicyclic) bond motifs is 4. The fourth-order valence-corrected chi connectivity index (χ4v) is 9.92. The minimum absolute atomic E-state index is 0. The number of anilines is 4. The zero-order valence-electron chi connectivity index (χ0n) is 41.6. The van der Waals surface area contributed by atoms with Crippen LogP contribution in [-0.4, -0.2) is 9.55 Å². The van der Waals surface area contributed by atoms with Crippen LogP contribution in [0.15, 0.2) is 194 Å². The van der Waals surface area contributed by atoms with Crippen LogP contribution in [-0.2, 0) is 37.3 Å². The molecule has 6 heteroatoms. The maximum Gasteiger partial charge on any atom is 0.135 e. The van der Waals surface area contributed by atoms with E-state index in [1.807, 2.05) is 24.4 Å². The van der Waals surface area contributed by atoms with Crippen LogP contribution in [0.5, 0.6) is 11.5 Å². The van der Waals surface area contributed by atoms with Crippen molar-refractivity contribution in [3.05, 3.63) is 235 Å². The number of para-hydroxylation sites is 3. The number of hydrogen-bond acceptors (Lipinski definition) is 4. The minimum Gasteiger partial charge on any atom is -0.509 e. The standard InChI is InChI=1S/C65H57N4O.Pt/c1-63(2,3)49-36-46(44-20-11-9-12-21-44)37-51(38-49)68-43-67(59-28-17-18-29-60(59)68)50-24-19-25-52(39-50)70-53-34-35-55-54-26-15-16-27-58(54)69(61(55)40-53)62-41-57(64(4,5)6)56(42-66-62)45-30-32-48(33-31-45)65(7,8)47-22-13-10-14-23-47;/h9-38,41-43H,1-8H3;/q-3;. The number of nitrogens with zero attached hydrogens (tertiary/aromatic N) is 4. The molecular weight excluding hydrogens is 1050 g/mol. The summed E-state index contributed by atoms with van der Waals surface area (Å²) >= 11 is 0. The van der Waals surface area contributed by atoms with Crippen LogP contribution in [0.3, 0.4) is 0 Å². The molecule has 8 aromatic carbocycles. The normalized spacial score (nSPS) is 12.8. The second kappa shape index (κ2) is 18.5. The Bertz CT molecular complexity index is 3550. The average Bonchev–Trinajstić information content (AvgIpc) is 3.92. The molecule has 71 heavy (non-hydrogen) atoms. The van der Waals surface area contributed by atoms with Gasteiger partial charge in [0.15, 0.2) is 0 Å². The van der Waals surface area contributed by atoms with Gasteiger partial charge in [0.1, 0.15) is 5.82 Å². The van der Waals surface area contributed by atoms with E-state index in [4.69, 9.17) is 9.72 Å². The van der Waals surface area contributed by atoms with E-state index in [1.165, 1.54) is 33.4 Å². The van der Waals surface area contributed by atoms with Crippen molar-refractivity contribution >= 4 is 44.6 Å². The molecular formula is C65H57N4OPt-3. The number of hydrogen-bond donors (Lipinski definition) is 0. The molecule has 0 radical (unpaired) electrons. The predicted molar refractivity (Wildman–Crippen MR) is 291 cm³/mol. The van der Waals surface area contributed by atoms with Gasteiger partial charge in [-0.25, -0.2) is 4.98 Å². The first-order chi connectivity index (χ1) is 33.7. The number of aromatic nitrogens is 2. The molecule has 0 unspecified atom stereocenters. The first-order valence-electron chi connectivity index (χ1n) is 24.3. The third-order valence-corrected chi connectivity index (χ3v) is 13.9. The van der Waals surface area contributed by atoms with Crippen molar-refractivity contribution < 1.29 is 25.8 Å². The molecule has 3 heterocycles. The average molecular weight is 1110 g/mol. The summed E-state index contributed by atoms with van der Waals surface area (Å²) in [6.07, 6.45) is 2.05. The first kappa shape index (κ1) is 47.5. The van der Waals surface area contributed by atoms with Crippen LogP contribution < -0.4 is 14.5 Å². The number of pyridine rings is 1. The molecule has 0 saturated carbocycles. The Morgan fingerprint density at radius 2 is 1.14 bits per heavy atom. The maximum atomic E-state index is 6.71. The van der Waals surface area contributed by atoms with Crippen molar-refractivity contribution in [2.75, 3.05) is 9.80 Å². The Labute approximate surface area is 433 Å². The van der Waals surface area contributed by atoms with Crippen molar-refractivity contribution in [3.8, 4) is 39.6 Å². The number of rotatable bonds is 9. The Balaban J connectivity index is 0.00000582. The van der Waals surface area contributed by atoms with Crippen molar-refractivity contribution in [2.24, 2.45) is 0 Å². The molecule has 0 atom stereocenters. The summed E-state index contributed by atoms with van der Waals surface area (Å²) in [6, 6.07) is 74.1. The van der Waals surface area contributed by atoms with E-state index in [0.29, 0.717) is 11.5 Å². The zero-order chi connectivity index (χ0) is 48.4. The van der Waals surface area contributed by atoms with Gasteiger partial charge >= 0.3 is 0 Å². The molecule has 2 aromatic heterocycles. The third kappa shape index (κ3) is 8.98. The maximum absolute atomic E-state index is 6.71. The third-order valence-electron chi connectivity index (χ3n) is 13.9. The summed E-state index contributed by atoms with van der Waals surface area (Å²) in [6.45, 7) is 20.4. The van der Waals surface area contributed by atoms with Crippen LogP contribution in [0, 0.1) is 18.8 Å². The Hall–Kier alpha value is -7.20. The fourth-order valence-electron chi connectivity index (χ4n) is 9.92. The van der Waals surface area contributed by atoms with E-state index in [0.717, 1.165) is 61.5 Å². The Morgan fingerprint density at radius 3 is 1.86 bits per heavy atom.